The molecule has 1 saturated carbocycles. The average molecular weight is 250 g/mol. The lowest BCUT2D eigenvalue weighted by molar-refractivity contribution is -0.121. The van der Waals surface area contributed by atoms with Crippen LogP contribution < -0.4 is 0 Å². The van der Waals surface area contributed by atoms with E-state index in [-0.39, 0.29) is 5.78 Å². The maximum absolute atomic E-state index is 11.4. The fourth-order valence-electron chi connectivity index (χ4n) is 2.89. The summed E-state index contributed by atoms with van der Waals surface area (Å²) in [7, 11) is 0. The molecule has 3 rings (SSSR count). The molecule has 0 unspecified atom stereocenters. The monoisotopic (exact) mass is 250 g/mol. The Morgan fingerprint density at radius 2 is 1.89 bits per heavy atom. The molecule has 0 amide bonds. The number of para-hydroxylation sites is 1. The van der Waals surface area contributed by atoms with E-state index in [2.05, 4.69) is 9.83 Å². The van der Waals surface area contributed by atoms with Gasteiger partial charge < -0.3 is 4.85 Å². The van der Waals surface area contributed by atoms with Crippen molar-refractivity contribution in [2.24, 2.45) is 0 Å². The van der Waals surface area contributed by atoms with E-state index in [1.54, 1.807) is 6.20 Å². The molecular formula is C16H14N2O. The van der Waals surface area contributed by atoms with Gasteiger partial charge in [0.05, 0.1) is 5.52 Å². The first-order valence-electron chi connectivity index (χ1n) is 6.50. The van der Waals surface area contributed by atoms with E-state index < -0.39 is 5.54 Å². The van der Waals surface area contributed by atoms with Crippen LogP contribution in [0.3, 0.4) is 0 Å². The van der Waals surface area contributed by atoms with Crippen molar-refractivity contribution in [1.82, 2.24) is 4.98 Å². The Labute approximate surface area is 112 Å². The van der Waals surface area contributed by atoms with Crippen LogP contribution in [0, 0.1) is 6.57 Å². The van der Waals surface area contributed by atoms with Crippen molar-refractivity contribution in [3.05, 3.63) is 53.5 Å². The van der Waals surface area contributed by atoms with Crippen LogP contribution in [0.15, 0.2) is 36.5 Å². The number of rotatable bonds is 1. The molecule has 3 nitrogen and oxygen atoms in total. The highest BCUT2D eigenvalue weighted by Gasteiger charge is 2.43. The maximum Gasteiger partial charge on any atom is 0.259 e. The van der Waals surface area contributed by atoms with E-state index in [4.69, 9.17) is 6.57 Å². The third-order valence-corrected chi connectivity index (χ3v) is 4.00. The molecule has 3 heteroatoms. The zero-order valence-corrected chi connectivity index (χ0v) is 10.6. The van der Waals surface area contributed by atoms with Gasteiger partial charge in [-0.2, -0.15) is 0 Å². The summed E-state index contributed by atoms with van der Waals surface area (Å²) in [5.74, 6) is 0.276. The molecule has 1 aliphatic rings. The summed E-state index contributed by atoms with van der Waals surface area (Å²) < 4.78 is 0. The number of fused-ring (bicyclic) bond motifs is 1. The fraction of sp³-hybridized carbons (Fsp3) is 0.312. The van der Waals surface area contributed by atoms with E-state index in [0.29, 0.717) is 25.7 Å². The molecule has 1 fully saturated rings. The van der Waals surface area contributed by atoms with Gasteiger partial charge in [-0.3, -0.25) is 9.78 Å². The fourth-order valence-corrected chi connectivity index (χ4v) is 2.89. The molecule has 0 atom stereocenters. The largest absolute Gasteiger partial charge is 0.305 e. The molecule has 1 aromatic carbocycles. The Morgan fingerprint density at radius 1 is 1.16 bits per heavy atom. The number of hydrogen-bond donors (Lipinski definition) is 0. The third kappa shape index (κ3) is 1.90. The maximum atomic E-state index is 11.4. The summed E-state index contributed by atoms with van der Waals surface area (Å²) in [6, 6.07) is 9.84. The van der Waals surface area contributed by atoms with Crippen LogP contribution in [-0.4, -0.2) is 10.8 Å². The second-order valence-electron chi connectivity index (χ2n) is 5.06. The van der Waals surface area contributed by atoms with Gasteiger partial charge in [-0.1, -0.05) is 18.2 Å². The minimum absolute atomic E-state index is 0.276. The van der Waals surface area contributed by atoms with Gasteiger partial charge in [0.2, 0.25) is 0 Å². The Morgan fingerprint density at radius 3 is 2.63 bits per heavy atom. The summed E-state index contributed by atoms with van der Waals surface area (Å²) in [5, 5.41) is 1.04. The highest BCUT2D eigenvalue weighted by atomic mass is 16.1. The predicted molar refractivity (Wildman–Crippen MR) is 73.5 cm³/mol. The van der Waals surface area contributed by atoms with Gasteiger partial charge in [-0.15, -0.1) is 0 Å². The summed E-state index contributed by atoms with van der Waals surface area (Å²) in [6.07, 6.45) is 4.05. The average Bonchev–Trinajstić information content (AvgIpc) is 2.48. The number of Topliss-reactive ketones (excluding diaryl/α,β-unsaturated/α-hetero) is 1. The van der Waals surface area contributed by atoms with Gasteiger partial charge in [0.25, 0.3) is 5.54 Å². The summed E-state index contributed by atoms with van der Waals surface area (Å²) in [6.45, 7) is 7.62. The predicted octanol–water partition coefficient (Wildman–Crippen LogP) is 3.49. The number of hydrogen-bond acceptors (Lipinski definition) is 2. The smallest absolute Gasteiger partial charge is 0.259 e. The normalized spacial score (nSPS) is 18.2. The van der Waals surface area contributed by atoms with Gasteiger partial charge in [-0.25, -0.2) is 6.57 Å². The molecule has 0 radical (unpaired) electrons. The molecular weight excluding hydrogens is 236 g/mol. The second kappa shape index (κ2) is 4.47. The van der Waals surface area contributed by atoms with Gasteiger partial charge in [0.1, 0.15) is 5.78 Å². The van der Waals surface area contributed by atoms with Gasteiger partial charge in [-0.05, 0) is 12.1 Å². The Kier molecular flexibility index (Phi) is 2.79. The van der Waals surface area contributed by atoms with Crippen LogP contribution in [0.1, 0.15) is 31.2 Å². The number of carbonyl (C=O) groups is 1. The summed E-state index contributed by atoms with van der Waals surface area (Å²) in [4.78, 5) is 19.7. The van der Waals surface area contributed by atoms with Crippen LogP contribution in [0.4, 0.5) is 0 Å². The lowest BCUT2D eigenvalue weighted by Crippen LogP contribution is -2.28. The van der Waals surface area contributed by atoms with Crippen LogP contribution in [0.5, 0.6) is 0 Å². The molecule has 0 bridgehead atoms. The van der Waals surface area contributed by atoms with E-state index in [1.165, 1.54) is 0 Å². The molecule has 0 spiro atoms. The second-order valence-corrected chi connectivity index (χ2v) is 5.06. The number of benzene rings is 1. The van der Waals surface area contributed by atoms with Gasteiger partial charge >= 0.3 is 0 Å². The van der Waals surface area contributed by atoms with Crippen molar-refractivity contribution in [2.45, 2.75) is 31.2 Å². The first kappa shape index (κ1) is 11.9. The van der Waals surface area contributed by atoms with Gasteiger partial charge in [0.15, 0.2) is 0 Å². The first-order valence-corrected chi connectivity index (χ1v) is 6.50. The molecule has 1 aromatic heterocycles. The zero-order valence-electron chi connectivity index (χ0n) is 10.6. The third-order valence-electron chi connectivity index (χ3n) is 4.00. The lowest BCUT2D eigenvalue weighted by Gasteiger charge is -2.26. The summed E-state index contributed by atoms with van der Waals surface area (Å²) in [5.41, 5.74) is 1.40. The zero-order chi connectivity index (χ0) is 13.3. The molecule has 0 N–H and O–H groups in total. The number of carbonyl (C=O) groups excluding carboxylic acids is 1. The molecule has 94 valence electrons. The van der Waals surface area contributed by atoms with Gasteiger partial charge in [0, 0.05) is 42.8 Å². The molecule has 0 aliphatic heterocycles. The summed E-state index contributed by atoms with van der Waals surface area (Å²) >= 11 is 0. The topological polar surface area (TPSA) is 34.3 Å². The van der Waals surface area contributed by atoms with Crippen LogP contribution in [0.25, 0.3) is 15.7 Å². The minimum atomic E-state index is -0.545. The minimum Gasteiger partial charge on any atom is -0.305 e. The Balaban J connectivity index is 2.17. The van der Waals surface area contributed by atoms with Crippen LogP contribution in [-0.2, 0) is 10.3 Å². The van der Waals surface area contributed by atoms with E-state index in [1.807, 2.05) is 30.3 Å². The van der Waals surface area contributed by atoms with Crippen molar-refractivity contribution in [3.63, 3.8) is 0 Å². The standard InChI is InChI=1S/C16H14N2O/c1-17-16(9-6-12(19)7-10-16)14-8-11-18-15-5-3-2-4-13(14)15/h2-5,8,11H,6-7,9-10H2. The molecule has 1 heterocycles. The van der Waals surface area contributed by atoms with Crippen molar-refractivity contribution < 1.29 is 4.79 Å². The highest BCUT2D eigenvalue weighted by Crippen LogP contribution is 2.42. The van der Waals surface area contributed by atoms with E-state index in [9.17, 15) is 4.79 Å². The molecule has 0 saturated heterocycles. The number of pyridine rings is 1. The number of aromatic nitrogens is 1. The van der Waals surface area contributed by atoms with Crippen molar-refractivity contribution >= 4 is 16.7 Å². The molecule has 2 aromatic rings. The lowest BCUT2D eigenvalue weighted by atomic mass is 9.76. The van der Waals surface area contributed by atoms with Crippen LogP contribution >= 0.6 is 0 Å². The highest BCUT2D eigenvalue weighted by molar-refractivity contribution is 5.85. The quantitative estimate of drug-likeness (QED) is 0.726. The molecule has 19 heavy (non-hydrogen) atoms. The van der Waals surface area contributed by atoms with Crippen molar-refractivity contribution in [2.75, 3.05) is 0 Å². The van der Waals surface area contributed by atoms with E-state index in [0.717, 1.165) is 16.5 Å². The molecule has 1 aliphatic carbocycles. The SMILES string of the molecule is [C-]#[N+]C1(c2ccnc3ccccc23)CCC(=O)CC1. The van der Waals surface area contributed by atoms with Crippen LogP contribution in [0.2, 0.25) is 0 Å². The van der Waals surface area contributed by atoms with Crippen molar-refractivity contribution in [1.29, 1.82) is 0 Å². The van der Waals surface area contributed by atoms with Crippen molar-refractivity contribution in [3.8, 4) is 0 Å². The Bertz CT molecular complexity index is 669. The first-order chi connectivity index (χ1) is 9.25. The Hall–Kier alpha value is -2.21. The number of ketones is 1. The van der Waals surface area contributed by atoms with E-state index >= 15 is 0 Å². The number of nitrogens with zero attached hydrogens (tertiary/aromatic N) is 2.